The monoisotopic (exact) mass is 276 g/mol. The fraction of sp³-hybridized carbons (Fsp3) is 0.267. The fourth-order valence-electron chi connectivity index (χ4n) is 1.83. The normalized spacial score (nSPS) is 12.2. The van der Waals surface area contributed by atoms with Crippen molar-refractivity contribution in [2.24, 2.45) is 5.73 Å². The Labute approximate surface area is 118 Å². The van der Waals surface area contributed by atoms with E-state index in [9.17, 15) is 0 Å². The molecule has 2 N–H and O–H groups in total. The molecule has 0 unspecified atom stereocenters. The van der Waals surface area contributed by atoms with Crippen LogP contribution in [0.1, 0.15) is 24.1 Å². The van der Waals surface area contributed by atoms with Gasteiger partial charge in [0.2, 0.25) is 0 Å². The second-order valence-corrected chi connectivity index (χ2v) is 4.87. The van der Waals surface area contributed by atoms with Crippen molar-refractivity contribution in [2.75, 3.05) is 6.61 Å². The number of ether oxygens (including phenoxy) is 1. The first-order valence-electron chi connectivity index (χ1n) is 6.23. The third kappa shape index (κ3) is 3.94. The van der Waals surface area contributed by atoms with Crippen LogP contribution >= 0.6 is 11.6 Å². The summed E-state index contributed by atoms with van der Waals surface area (Å²) in [6, 6.07) is 9.38. The van der Waals surface area contributed by atoms with Gasteiger partial charge in [0.1, 0.15) is 5.75 Å². The maximum Gasteiger partial charge on any atom is 0.124 e. The van der Waals surface area contributed by atoms with E-state index in [0.717, 1.165) is 23.3 Å². The maximum atomic E-state index is 5.97. The molecule has 0 aliphatic heterocycles. The van der Waals surface area contributed by atoms with Gasteiger partial charge in [-0.25, -0.2) is 0 Å². The van der Waals surface area contributed by atoms with E-state index in [4.69, 9.17) is 22.1 Å². The lowest BCUT2D eigenvalue weighted by molar-refractivity contribution is 0.317. The van der Waals surface area contributed by atoms with Crippen molar-refractivity contribution in [1.29, 1.82) is 0 Å². The Hall–Kier alpha value is -1.58. The average molecular weight is 277 g/mol. The third-order valence-corrected chi connectivity index (χ3v) is 3.07. The molecule has 100 valence electrons. The molecule has 0 aliphatic rings. The second kappa shape index (κ2) is 6.55. The predicted molar refractivity (Wildman–Crippen MR) is 77.5 cm³/mol. The SMILES string of the molecule is C[C@@H](N)c1cc(Cl)ccc1OCCc1cccnc1. The first kappa shape index (κ1) is 13.8. The highest BCUT2D eigenvalue weighted by molar-refractivity contribution is 6.30. The quantitative estimate of drug-likeness (QED) is 0.911. The highest BCUT2D eigenvalue weighted by Crippen LogP contribution is 2.27. The number of benzene rings is 1. The highest BCUT2D eigenvalue weighted by Gasteiger charge is 2.09. The van der Waals surface area contributed by atoms with Crippen LogP contribution in [-0.4, -0.2) is 11.6 Å². The van der Waals surface area contributed by atoms with Crippen molar-refractivity contribution >= 4 is 11.6 Å². The van der Waals surface area contributed by atoms with Gasteiger partial charge in [-0.2, -0.15) is 0 Å². The molecular formula is C15H17ClN2O. The van der Waals surface area contributed by atoms with Crippen LogP contribution in [0.4, 0.5) is 0 Å². The predicted octanol–water partition coefficient (Wildman–Crippen LogP) is 3.38. The summed E-state index contributed by atoms with van der Waals surface area (Å²) in [4.78, 5) is 4.07. The number of pyridine rings is 1. The van der Waals surface area contributed by atoms with Crippen LogP contribution in [0, 0.1) is 0 Å². The summed E-state index contributed by atoms with van der Waals surface area (Å²) in [6.07, 6.45) is 4.42. The minimum Gasteiger partial charge on any atom is -0.493 e. The Morgan fingerprint density at radius 1 is 1.37 bits per heavy atom. The molecule has 1 atom stereocenters. The van der Waals surface area contributed by atoms with Gasteiger partial charge in [-0.05, 0) is 36.8 Å². The molecule has 0 aliphatic carbocycles. The summed E-state index contributed by atoms with van der Waals surface area (Å²) in [5.74, 6) is 0.795. The molecule has 0 bridgehead atoms. The number of rotatable bonds is 5. The fourth-order valence-corrected chi connectivity index (χ4v) is 2.01. The van der Waals surface area contributed by atoms with E-state index in [2.05, 4.69) is 4.98 Å². The molecule has 19 heavy (non-hydrogen) atoms. The summed E-state index contributed by atoms with van der Waals surface area (Å²) in [5, 5.41) is 0.673. The molecule has 1 aromatic heterocycles. The van der Waals surface area contributed by atoms with Crippen LogP contribution in [0.25, 0.3) is 0 Å². The summed E-state index contributed by atoms with van der Waals surface area (Å²) < 4.78 is 5.79. The van der Waals surface area contributed by atoms with Crippen LogP contribution in [-0.2, 0) is 6.42 Å². The van der Waals surface area contributed by atoms with Gasteiger partial charge in [0.15, 0.2) is 0 Å². The lowest BCUT2D eigenvalue weighted by Crippen LogP contribution is -2.09. The summed E-state index contributed by atoms with van der Waals surface area (Å²) in [6.45, 7) is 2.51. The zero-order valence-electron chi connectivity index (χ0n) is 10.8. The van der Waals surface area contributed by atoms with Gasteiger partial charge in [-0.1, -0.05) is 17.7 Å². The Kier molecular flexibility index (Phi) is 4.77. The van der Waals surface area contributed by atoms with Crippen LogP contribution in [0.2, 0.25) is 5.02 Å². The van der Waals surface area contributed by atoms with E-state index < -0.39 is 0 Å². The van der Waals surface area contributed by atoms with Crippen LogP contribution in [0.5, 0.6) is 5.75 Å². The van der Waals surface area contributed by atoms with Crippen molar-refractivity contribution in [1.82, 2.24) is 4.98 Å². The lowest BCUT2D eigenvalue weighted by atomic mass is 10.1. The Bertz CT molecular complexity index is 529. The van der Waals surface area contributed by atoms with Crippen molar-refractivity contribution < 1.29 is 4.74 Å². The number of halogens is 1. The first-order chi connectivity index (χ1) is 9.16. The van der Waals surface area contributed by atoms with E-state index in [1.54, 1.807) is 6.20 Å². The maximum absolute atomic E-state index is 5.97. The second-order valence-electron chi connectivity index (χ2n) is 4.43. The molecule has 0 amide bonds. The molecule has 2 rings (SSSR count). The highest BCUT2D eigenvalue weighted by atomic mass is 35.5. The topological polar surface area (TPSA) is 48.1 Å². The van der Waals surface area contributed by atoms with Crippen molar-refractivity contribution in [3.05, 3.63) is 58.9 Å². The molecule has 0 fully saturated rings. The van der Waals surface area contributed by atoms with Gasteiger partial charge in [0, 0.05) is 35.4 Å². The molecule has 0 spiro atoms. The minimum absolute atomic E-state index is 0.105. The number of nitrogens with zero attached hydrogens (tertiary/aromatic N) is 1. The van der Waals surface area contributed by atoms with Gasteiger partial charge in [-0.3, -0.25) is 4.98 Å². The standard InChI is InChI=1S/C15H17ClN2O/c1-11(17)14-9-13(16)4-5-15(14)19-8-6-12-3-2-7-18-10-12/h2-5,7,9-11H,6,8,17H2,1H3/t11-/m1/s1. The lowest BCUT2D eigenvalue weighted by Gasteiger charge is -2.14. The van der Waals surface area contributed by atoms with Gasteiger partial charge < -0.3 is 10.5 Å². The molecule has 2 aromatic rings. The van der Waals surface area contributed by atoms with Crippen molar-refractivity contribution in [3.63, 3.8) is 0 Å². The van der Waals surface area contributed by atoms with E-state index in [1.807, 2.05) is 43.5 Å². The largest absolute Gasteiger partial charge is 0.493 e. The molecule has 1 heterocycles. The summed E-state index contributed by atoms with van der Waals surface area (Å²) >= 11 is 5.97. The molecule has 0 saturated carbocycles. The van der Waals surface area contributed by atoms with Gasteiger partial charge >= 0.3 is 0 Å². The number of aromatic nitrogens is 1. The summed E-state index contributed by atoms with van der Waals surface area (Å²) in [7, 11) is 0. The van der Waals surface area contributed by atoms with Gasteiger partial charge in [0.25, 0.3) is 0 Å². The Balaban J connectivity index is 2.00. The Morgan fingerprint density at radius 3 is 2.89 bits per heavy atom. The minimum atomic E-state index is -0.105. The third-order valence-electron chi connectivity index (χ3n) is 2.83. The molecule has 3 nitrogen and oxygen atoms in total. The van der Waals surface area contributed by atoms with Crippen molar-refractivity contribution in [3.8, 4) is 5.75 Å². The van der Waals surface area contributed by atoms with Crippen LogP contribution in [0.3, 0.4) is 0 Å². The van der Waals surface area contributed by atoms with E-state index in [-0.39, 0.29) is 6.04 Å². The molecule has 0 saturated heterocycles. The van der Waals surface area contributed by atoms with E-state index >= 15 is 0 Å². The van der Waals surface area contributed by atoms with E-state index in [1.165, 1.54) is 0 Å². The summed E-state index contributed by atoms with van der Waals surface area (Å²) in [5.41, 5.74) is 8.00. The average Bonchev–Trinajstić information content (AvgIpc) is 2.41. The number of hydrogen-bond donors (Lipinski definition) is 1. The van der Waals surface area contributed by atoms with Crippen LogP contribution in [0.15, 0.2) is 42.7 Å². The van der Waals surface area contributed by atoms with Gasteiger partial charge in [-0.15, -0.1) is 0 Å². The van der Waals surface area contributed by atoms with E-state index in [0.29, 0.717) is 11.6 Å². The molecule has 4 heteroatoms. The van der Waals surface area contributed by atoms with Gasteiger partial charge in [0.05, 0.1) is 6.61 Å². The number of nitrogens with two attached hydrogens (primary N) is 1. The zero-order valence-corrected chi connectivity index (χ0v) is 11.6. The smallest absolute Gasteiger partial charge is 0.124 e. The molecule has 0 radical (unpaired) electrons. The zero-order chi connectivity index (χ0) is 13.7. The van der Waals surface area contributed by atoms with Crippen LogP contribution < -0.4 is 10.5 Å². The Morgan fingerprint density at radius 2 is 2.21 bits per heavy atom. The molecule has 1 aromatic carbocycles. The number of hydrogen-bond acceptors (Lipinski definition) is 3. The first-order valence-corrected chi connectivity index (χ1v) is 6.61. The van der Waals surface area contributed by atoms with Crippen molar-refractivity contribution in [2.45, 2.75) is 19.4 Å². The molecular weight excluding hydrogens is 260 g/mol.